The molecular weight excluding hydrogens is 333 g/mol. The summed E-state index contributed by atoms with van der Waals surface area (Å²) in [5.41, 5.74) is 2.63. The molecule has 3 rings (SSSR count). The Morgan fingerprint density at radius 2 is 1.44 bits per heavy atom. The Bertz CT molecular complexity index is 652. The van der Waals surface area contributed by atoms with Gasteiger partial charge in [0.05, 0.1) is 0 Å². The summed E-state index contributed by atoms with van der Waals surface area (Å²) in [6, 6.07) is 19.5. The van der Waals surface area contributed by atoms with Crippen molar-refractivity contribution >= 4 is 44.4 Å². The first kappa shape index (κ1) is 11.9. The molecule has 0 saturated heterocycles. The summed E-state index contributed by atoms with van der Waals surface area (Å²) < 4.78 is 2.93. The summed E-state index contributed by atoms with van der Waals surface area (Å²) in [5.74, 6) is 0. The molecule has 0 saturated carbocycles. The lowest BCUT2D eigenvalue weighted by molar-refractivity contribution is -0.642. The summed E-state index contributed by atoms with van der Waals surface area (Å²) in [6.07, 6.45) is 1.13. The van der Waals surface area contributed by atoms with Crippen molar-refractivity contribution in [2.75, 3.05) is 0 Å². The maximum atomic E-state index is 2.53. The Morgan fingerprint density at radius 3 is 1.94 bits per heavy atom. The lowest BCUT2D eigenvalue weighted by Crippen LogP contribution is -2.37. The van der Waals surface area contributed by atoms with Gasteiger partial charge in [-0.2, -0.15) is 4.57 Å². The molecule has 0 aliphatic rings. The number of hydrogen-bond donors (Lipinski definition) is 0. The molecule has 0 fully saturated rings. The predicted molar refractivity (Wildman–Crippen MR) is 85.0 cm³/mol. The smallest absolute Gasteiger partial charge is 0.179 e. The second-order valence-corrected chi connectivity index (χ2v) is 5.91. The Hall–Kier alpha value is -1.16. The van der Waals surface area contributed by atoms with Crippen LogP contribution in [0.4, 0.5) is 0 Å². The van der Waals surface area contributed by atoms with Crippen LogP contribution in [0.5, 0.6) is 0 Å². The number of aromatic nitrogens is 1. The van der Waals surface area contributed by atoms with E-state index >= 15 is 0 Å². The Morgan fingerprint density at radius 1 is 0.944 bits per heavy atom. The monoisotopic (exact) mass is 348 g/mol. The summed E-state index contributed by atoms with van der Waals surface area (Å²) in [6.45, 7) is 2.24. The van der Waals surface area contributed by atoms with Gasteiger partial charge in [0, 0.05) is 29.3 Å². The van der Waals surface area contributed by atoms with E-state index in [0.717, 1.165) is 6.42 Å². The van der Waals surface area contributed by atoms with E-state index in [9.17, 15) is 0 Å². The van der Waals surface area contributed by atoms with Gasteiger partial charge in [0.25, 0.3) is 0 Å². The number of alkyl halides is 1. The quantitative estimate of drug-likeness (QED) is 0.275. The van der Waals surface area contributed by atoms with Crippen molar-refractivity contribution < 1.29 is 4.57 Å². The SMILES string of the molecule is CCC(I)[n+]1c2ccccc2cc2ccccc21. The molecule has 0 spiro atoms. The van der Waals surface area contributed by atoms with Crippen molar-refractivity contribution in [2.24, 2.45) is 0 Å². The fourth-order valence-corrected chi connectivity index (χ4v) is 3.04. The molecule has 0 bridgehead atoms. The fourth-order valence-electron chi connectivity index (χ4n) is 2.44. The van der Waals surface area contributed by atoms with Gasteiger partial charge in [0.2, 0.25) is 15.1 Å². The zero-order valence-electron chi connectivity index (χ0n) is 10.3. The molecule has 1 nitrogen and oxygen atoms in total. The van der Waals surface area contributed by atoms with E-state index in [2.05, 4.69) is 88.7 Å². The normalized spacial score (nSPS) is 13.0. The van der Waals surface area contributed by atoms with E-state index in [1.165, 1.54) is 21.8 Å². The zero-order valence-corrected chi connectivity index (χ0v) is 12.5. The molecule has 2 aromatic carbocycles. The zero-order chi connectivity index (χ0) is 12.5. The summed E-state index contributed by atoms with van der Waals surface area (Å²) in [4.78, 5) is 0. The maximum absolute atomic E-state index is 2.53. The minimum Gasteiger partial charge on any atom is -0.179 e. The van der Waals surface area contributed by atoms with E-state index in [1.807, 2.05) is 0 Å². The lowest BCUT2D eigenvalue weighted by Gasteiger charge is -2.09. The van der Waals surface area contributed by atoms with Crippen molar-refractivity contribution in [3.8, 4) is 0 Å². The maximum Gasteiger partial charge on any atom is 0.213 e. The Balaban J connectivity index is 2.49. The molecule has 18 heavy (non-hydrogen) atoms. The van der Waals surface area contributed by atoms with Crippen LogP contribution >= 0.6 is 22.6 Å². The van der Waals surface area contributed by atoms with Crippen LogP contribution < -0.4 is 4.57 Å². The topological polar surface area (TPSA) is 3.88 Å². The third-order valence-electron chi connectivity index (χ3n) is 3.32. The summed E-state index contributed by atoms with van der Waals surface area (Å²) in [7, 11) is 0. The van der Waals surface area contributed by atoms with Gasteiger partial charge < -0.3 is 0 Å². The number of halogens is 1. The molecule has 0 amide bonds. The van der Waals surface area contributed by atoms with Crippen molar-refractivity contribution in [1.29, 1.82) is 0 Å². The number of rotatable bonds is 2. The largest absolute Gasteiger partial charge is 0.213 e. The Kier molecular flexibility index (Phi) is 3.20. The first-order chi connectivity index (χ1) is 8.81. The van der Waals surface area contributed by atoms with Gasteiger partial charge in [-0.25, -0.2) is 0 Å². The van der Waals surface area contributed by atoms with Gasteiger partial charge in [0.1, 0.15) is 0 Å². The first-order valence-electron chi connectivity index (χ1n) is 6.27. The highest BCUT2D eigenvalue weighted by molar-refractivity contribution is 14.1. The number of nitrogens with zero attached hydrogens (tertiary/aromatic N) is 1. The highest BCUT2D eigenvalue weighted by atomic mass is 127. The van der Waals surface area contributed by atoms with Crippen molar-refractivity contribution in [3.63, 3.8) is 0 Å². The van der Waals surface area contributed by atoms with E-state index in [0.29, 0.717) is 4.05 Å². The molecule has 1 heterocycles. The van der Waals surface area contributed by atoms with Crippen LogP contribution in [0.3, 0.4) is 0 Å². The van der Waals surface area contributed by atoms with E-state index in [-0.39, 0.29) is 0 Å². The number of benzene rings is 2. The standard InChI is InChI=1S/C16H15IN/c1-2-16(17)18-14-9-5-3-7-12(14)11-13-8-4-6-10-15(13)18/h3-11,16H,2H2,1H3/q+1. The van der Waals surface area contributed by atoms with Crippen molar-refractivity contribution in [3.05, 3.63) is 54.6 Å². The van der Waals surface area contributed by atoms with Crippen molar-refractivity contribution in [2.45, 2.75) is 17.4 Å². The van der Waals surface area contributed by atoms with Gasteiger partial charge in [-0.3, -0.25) is 0 Å². The van der Waals surface area contributed by atoms with E-state index in [4.69, 9.17) is 0 Å². The molecule has 1 aromatic heterocycles. The lowest BCUT2D eigenvalue weighted by atomic mass is 10.1. The van der Waals surface area contributed by atoms with E-state index < -0.39 is 0 Å². The first-order valence-corrected chi connectivity index (χ1v) is 7.52. The van der Waals surface area contributed by atoms with Gasteiger partial charge in [-0.05, 0) is 40.8 Å². The van der Waals surface area contributed by atoms with Gasteiger partial charge in [-0.15, -0.1) is 0 Å². The van der Waals surface area contributed by atoms with E-state index in [1.54, 1.807) is 0 Å². The van der Waals surface area contributed by atoms with Crippen LogP contribution in [0.15, 0.2) is 54.6 Å². The number of pyridine rings is 1. The predicted octanol–water partition coefficient (Wildman–Crippen LogP) is 4.62. The second-order valence-electron chi connectivity index (χ2n) is 4.47. The molecule has 3 aromatic rings. The minimum absolute atomic E-state index is 0.485. The van der Waals surface area contributed by atoms with Crippen LogP contribution in [0, 0.1) is 0 Å². The molecule has 0 aliphatic carbocycles. The van der Waals surface area contributed by atoms with Crippen LogP contribution in [0.25, 0.3) is 21.8 Å². The average molecular weight is 348 g/mol. The average Bonchev–Trinajstić information content (AvgIpc) is 2.44. The van der Waals surface area contributed by atoms with Gasteiger partial charge in [0.15, 0.2) is 0 Å². The third-order valence-corrected chi connectivity index (χ3v) is 4.76. The molecule has 90 valence electrons. The fraction of sp³-hybridized carbons (Fsp3) is 0.188. The third kappa shape index (κ3) is 1.88. The number of para-hydroxylation sites is 2. The molecule has 1 atom stereocenters. The highest BCUT2D eigenvalue weighted by Gasteiger charge is 2.20. The Labute approximate surface area is 121 Å². The summed E-state index contributed by atoms with van der Waals surface area (Å²) in [5, 5.41) is 2.62. The van der Waals surface area contributed by atoms with Gasteiger partial charge in [-0.1, -0.05) is 31.2 Å². The number of fused-ring (bicyclic) bond motifs is 2. The second kappa shape index (κ2) is 4.84. The molecule has 0 N–H and O–H groups in total. The molecule has 1 unspecified atom stereocenters. The van der Waals surface area contributed by atoms with Crippen LogP contribution in [-0.2, 0) is 0 Å². The molecule has 2 heteroatoms. The highest BCUT2D eigenvalue weighted by Crippen LogP contribution is 2.23. The molecular formula is C16H15IN+. The van der Waals surface area contributed by atoms with Crippen LogP contribution in [0.2, 0.25) is 0 Å². The number of hydrogen-bond acceptors (Lipinski definition) is 0. The van der Waals surface area contributed by atoms with Crippen LogP contribution in [-0.4, -0.2) is 0 Å². The van der Waals surface area contributed by atoms with Crippen LogP contribution in [0.1, 0.15) is 17.4 Å². The van der Waals surface area contributed by atoms with Crippen molar-refractivity contribution in [1.82, 2.24) is 0 Å². The summed E-state index contributed by atoms with van der Waals surface area (Å²) >= 11 is 2.53. The molecule has 0 radical (unpaired) electrons. The minimum atomic E-state index is 0.485. The molecule has 0 aliphatic heterocycles. The van der Waals surface area contributed by atoms with Gasteiger partial charge >= 0.3 is 0 Å².